The minimum Gasteiger partial charge on any atom is -0.477 e. The molecule has 16 heteroatoms. The van der Waals surface area contributed by atoms with Crippen LogP contribution in [0.3, 0.4) is 0 Å². The summed E-state index contributed by atoms with van der Waals surface area (Å²) in [5.74, 6) is -3.37. The number of primary amides is 1. The second-order valence-electron chi connectivity index (χ2n) is 6.84. The van der Waals surface area contributed by atoms with Crippen LogP contribution in [0.2, 0.25) is 0 Å². The van der Waals surface area contributed by atoms with E-state index in [4.69, 9.17) is 20.3 Å². The monoisotopic (exact) mass is 503 g/mol. The van der Waals surface area contributed by atoms with Crippen LogP contribution in [0.15, 0.2) is 24.8 Å². The fourth-order valence-electron chi connectivity index (χ4n) is 3.04. The molecule has 0 saturated heterocycles. The highest BCUT2D eigenvalue weighted by Crippen LogP contribution is 2.26. The topological polar surface area (TPSA) is 186 Å². The number of rotatable bonds is 6. The summed E-state index contributed by atoms with van der Waals surface area (Å²) in [6.07, 6.45) is 4.41. The van der Waals surface area contributed by atoms with Gasteiger partial charge in [0.2, 0.25) is 0 Å². The van der Waals surface area contributed by atoms with Gasteiger partial charge in [-0.1, -0.05) is 0 Å². The SMILES string of the molecule is COc1ncc(F)c(-c2cnn(C)c2C(=O)O)n1.COc1ncc(F)c(-c2cnn(C)c2C(N)=O)n1. The van der Waals surface area contributed by atoms with Crippen molar-refractivity contribution >= 4 is 11.9 Å². The van der Waals surface area contributed by atoms with Crippen LogP contribution in [0.4, 0.5) is 8.78 Å². The summed E-state index contributed by atoms with van der Waals surface area (Å²) in [6.45, 7) is 0. The van der Waals surface area contributed by atoms with Gasteiger partial charge in [-0.25, -0.2) is 23.5 Å². The minimum atomic E-state index is -1.22. The molecule has 0 aromatic carbocycles. The highest BCUT2D eigenvalue weighted by molar-refractivity contribution is 5.97. The largest absolute Gasteiger partial charge is 0.477 e. The van der Waals surface area contributed by atoms with E-state index in [9.17, 15) is 18.4 Å². The third kappa shape index (κ3) is 5.06. The maximum atomic E-state index is 13.7. The second kappa shape index (κ2) is 10.5. The highest BCUT2D eigenvalue weighted by Gasteiger charge is 2.22. The van der Waals surface area contributed by atoms with Crippen LogP contribution in [0.5, 0.6) is 12.0 Å². The fraction of sp³-hybridized carbons (Fsp3) is 0.200. The van der Waals surface area contributed by atoms with Crippen LogP contribution >= 0.6 is 0 Å². The standard InChI is InChI=1S/C10H10FN5O2.C10H9FN4O3/c1-16-8(9(12)17)5(3-14-16)7-6(11)4-13-10(15-7)18-2;1-15-8(9(16)17)5(3-13-15)7-6(11)4-12-10(14-7)18-2/h3-4H,1-2H3,(H2,12,17);3-4H,1-2H3,(H,16,17). The number of aromatic carboxylic acids is 1. The molecule has 0 aliphatic rings. The zero-order valence-corrected chi connectivity index (χ0v) is 19.3. The molecular formula is C20H19F2N9O5. The van der Waals surface area contributed by atoms with Crippen molar-refractivity contribution in [3.05, 3.63) is 47.8 Å². The summed E-state index contributed by atoms with van der Waals surface area (Å²) in [5, 5.41) is 16.7. The first-order valence-corrected chi connectivity index (χ1v) is 9.79. The number of nitrogens with zero attached hydrogens (tertiary/aromatic N) is 8. The summed E-state index contributed by atoms with van der Waals surface area (Å²) in [6, 6.07) is -0.0581. The Hall–Kier alpha value is -5.02. The summed E-state index contributed by atoms with van der Waals surface area (Å²) < 4.78 is 39.3. The molecule has 4 heterocycles. The van der Waals surface area contributed by atoms with Gasteiger partial charge in [-0.05, 0) is 0 Å². The lowest BCUT2D eigenvalue weighted by Gasteiger charge is -2.04. The van der Waals surface area contributed by atoms with Crippen molar-refractivity contribution in [3.63, 3.8) is 0 Å². The van der Waals surface area contributed by atoms with E-state index in [1.165, 1.54) is 45.4 Å². The number of carboxylic acids is 1. The predicted molar refractivity (Wildman–Crippen MR) is 117 cm³/mol. The van der Waals surface area contributed by atoms with Gasteiger partial charge in [0.1, 0.15) is 17.1 Å². The Morgan fingerprint density at radius 3 is 1.64 bits per heavy atom. The van der Waals surface area contributed by atoms with E-state index in [1.54, 1.807) is 0 Å². The van der Waals surface area contributed by atoms with Gasteiger partial charge in [-0.2, -0.15) is 20.2 Å². The molecule has 3 N–H and O–H groups in total. The van der Waals surface area contributed by atoms with Crippen LogP contribution in [0.25, 0.3) is 22.5 Å². The molecule has 0 aliphatic carbocycles. The zero-order valence-electron chi connectivity index (χ0n) is 19.3. The van der Waals surface area contributed by atoms with Crippen molar-refractivity contribution in [3.8, 4) is 34.5 Å². The van der Waals surface area contributed by atoms with Crippen molar-refractivity contribution in [1.29, 1.82) is 0 Å². The van der Waals surface area contributed by atoms with Crippen LogP contribution in [-0.2, 0) is 14.1 Å². The lowest BCUT2D eigenvalue weighted by Crippen LogP contribution is -2.17. The molecule has 0 spiro atoms. The molecule has 1 amide bonds. The average molecular weight is 503 g/mol. The van der Waals surface area contributed by atoms with Crippen molar-refractivity contribution in [2.45, 2.75) is 0 Å². The summed E-state index contributed by atoms with van der Waals surface area (Å²) in [4.78, 5) is 37.2. The number of nitrogens with two attached hydrogens (primary N) is 1. The summed E-state index contributed by atoms with van der Waals surface area (Å²) in [5.41, 5.74) is 5.16. The van der Waals surface area contributed by atoms with Crippen molar-refractivity contribution < 1.29 is 33.0 Å². The van der Waals surface area contributed by atoms with Gasteiger partial charge in [-0.3, -0.25) is 14.2 Å². The lowest BCUT2D eigenvalue weighted by atomic mass is 10.1. The van der Waals surface area contributed by atoms with E-state index >= 15 is 0 Å². The van der Waals surface area contributed by atoms with E-state index in [0.29, 0.717) is 0 Å². The van der Waals surface area contributed by atoms with Crippen molar-refractivity contribution in [2.24, 2.45) is 19.8 Å². The number of aryl methyl sites for hydroxylation is 2. The molecule has 0 radical (unpaired) electrons. The zero-order chi connectivity index (χ0) is 26.6. The maximum Gasteiger partial charge on any atom is 0.354 e. The van der Waals surface area contributed by atoms with E-state index in [1.807, 2.05) is 0 Å². The first kappa shape index (κ1) is 25.6. The molecule has 14 nitrogen and oxygen atoms in total. The number of amides is 1. The number of methoxy groups -OCH3 is 2. The van der Waals surface area contributed by atoms with Gasteiger partial charge in [-0.15, -0.1) is 0 Å². The number of hydrogen-bond acceptors (Lipinski definition) is 10. The minimum absolute atomic E-state index is 0.00864. The molecule has 0 saturated carbocycles. The number of halogens is 2. The molecule has 0 fully saturated rings. The third-order valence-corrected chi connectivity index (χ3v) is 4.63. The molecule has 4 aromatic heterocycles. The molecular weight excluding hydrogens is 484 g/mol. The molecule has 0 aliphatic heterocycles. The van der Waals surface area contributed by atoms with Crippen LogP contribution in [0, 0.1) is 11.6 Å². The summed E-state index contributed by atoms with van der Waals surface area (Å²) >= 11 is 0. The Labute approximate surface area is 201 Å². The van der Waals surface area contributed by atoms with E-state index in [2.05, 4.69) is 30.1 Å². The summed E-state index contributed by atoms with van der Waals surface area (Å²) in [7, 11) is 5.66. The second-order valence-corrected chi connectivity index (χ2v) is 6.84. The highest BCUT2D eigenvalue weighted by atomic mass is 19.1. The first-order valence-electron chi connectivity index (χ1n) is 9.79. The Bertz CT molecular complexity index is 1330. The number of carbonyl (C=O) groups is 2. The Balaban J connectivity index is 0.000000201. The number of ether oxygens (including phenoxy) is 2. The molecule has 4 aromatic rings. The van der Waals surface area contributed by atoms with Gasteiger partial charge in [0.25, 0.3) is 5.91 Å². The Morgan fingerprint density at radius 1 is 0.833 bits per heavy atom. The molecule has 36 heavy (non-hydrogen) atoms. The normalized spacial score (nSPS) is 10.4. The molecule has 0 unspecified atom stereocenters. The predicted octanol–water partition coefficient (Wildman–Crippen LogP) is 0.847. The van der Waals surface area contributed by atoms with Gasteiger partial charge in [0.05, 0.1) is 50.1 Å². The molecule has 188 valence electrons. The maximum absolute atomic E-state index is 13.7. The van der Waals surface area contributed by atoms with E-state index in [-0.39, 0.29) is 45.9 Å². The lowest BCUT2D eigenvalue weighted by molar-refractivity contribution is 0.0685. The van der Waals surface area contributed by atoms with Crippen LogP contribution in [-0.4, -0.2) is 70.7 Å². The Morgan fingerprint density at radius 2 is 1.25 bits per heavy atom. The smallest absolute Gasteiger partial charge is 0.354 e. The van der Waals surface area contributed by atoms with Gasteiger partial charge in [0, 0.05) is 14.1 Å². The number of carboxylic acid groups (broad SMARTS) is 1. The number of carbonyl (C=O) groups excluding carboxylic acids is 1. The fourth-order valence-corrected chi connectivity index (χ4v) is 3.04. The van der Waals surface area contributed by atoms with E-state index < -0.39 is 23.5 Å². The van der Waals surface area contributed by atoms with Crippen LogP contribution in [0.1, 0.15) is 21.0 Å². The van der Waals surface area contributed by atoms with Crippen molar-refractivity contribution in [1.82, 2.24) is 39.5 Å². The van der Waals surface area contributed by atoms with E-state index in [0.717, 1.165) is 17.1 Å². The molecule has 0 bridgehead atoms. The molecule has 0 atom stereocenters. The number of hydrogen-bond donors (Lipinski definition) is 2. The van der Waals surface area contributed by atoms with Gasteiger partial charge < -0.3 is 20.3 Å². The average Bonchev–Trinajstić information content (AvgIpc) is 3.42. The molecule has 4 rings (SSSR count). The van der Waals surface area contributed by atoms with Crippen LogP contribution < -0.4 is 15.2 Å². The van der Waals surface area contributed by atoms with Crippen molar-refractivity contribution in [2.75, 3.05) is 14.2 Å². The number of aromatic nitrogens is 8. The first-order chi connectivity index (χ1) is 17.1. The van der Waals surface area contributed by atoms with Gasteiger partial charge >= 0.3 is 18.0 Å². The quantitative estimate of drug-likeness (QED) is 0.380. The third-order valence-electron chi connectivity index (χ3n) is 4.63. The van der Waals surface area contributed by atoms with Gasteiger partial charge in [0.15, 0.2) is 17.3 Å². The Kier molecular flexibility index (Phi) is 7.46.